The van der Waals surface area contributed by atoms with E-state index in [9.17, 15) is 19.2 Å². The molecule has 9 nitrogen and oxygen atoms in total. The van der Waals surface area contributed by atoms with E-state index in [1.807, 2.05) is 0 Å². The molecule has 0 radical (unpaired) electrons. The molecule has 0 aromatic heterocycles. The zero-order chi connectivity index (χ0) is 20.6. The summed E-state index contributed by atoms with van der Waals surface area (Å²) in [7, 11) is 0. The zero-order valence-corrected chi connectivity index (χ0v) is 16.2. The van der Waals surface area contributed by atoms with Gasteiger partial charge in [-0.2, -0.15) is 0 Å². The van der Waals surface area contributed by atoms with E-state index in [0.717, 1.165) is 17.7 Å². The summed E-state index contributed by atoms with van der Waals surface area (Å²) in [6.45, 7) is 2.52. The van der Waals surface area contributed by atoms with Crippen LogP contribution in [0.1, 0.15) is 31.7 Å². The molecule has 9 heteroatoms. The van der Waals surface area contributed by atoms with Gasteiger partial charge in [-0.15, -0.1) is 0 Å². The fourth-order valence-corrected chi connectivity index (χ4v) is 4.12. The molecule has 1 aromatic rings. The summed E-state index contributed by atoms with van der Waals surface area (Å²) >= 11 is 0. The lowest BCUT2D eigenvalue weighted by Crippen LogP contribution is -2.48. The summed E-state index contributed by atoms with van der Waals surface area (Å²) < 4.78 is 10.8. The van der Waals surface area contributed by atoms with E-state index in [2.05, 4.69) is 5.32 Å². The standard InChI is InChI=1S/C20H23N3O6/c1-13(17(25)22-9-4-5-10-22)29-16(24)12-23-18(26)20(21-19(23)27)8-11-28-15-7-3-2-6-14(15)20/h2-3,6-7,13H,4-5,8-12H2,1H3,(H,21,27)/t13-,20+/m0/s1. The van der Waals surface area contributed by atoms with Gasteiger partial charge in [-0.3, -0.25) is 19.3 Å². The van der Waals surface area contributed by atoms with Crippen molar-refractivity contribution < 1.29 is 28.7 Å². The molecule has 3 heterocycles. The minimum absolute atomic E-state index is 0.261. The summed E-state index contributed by atoms with van der Waals surface area (Å²) in [6.07, 6.45) is 1.17. The Bertz CT molecular complexity index is 866. The Kier molecular flexibility index (Phi) is 4.89. The highest BCUT2D eigenvalue weighted by Gasteiger charge is 2.55. The number of hydrogen-bond acceptors (Lipinski definition) is 6. The fraction of sp³-hybridized carbons (Fsp3) is 0.500. The van der Waals surface area contributed by atoms with Crippen molar-refractivity contribution >= 4 is 23.8 Å². The van der Waals surface area contributed by atoms with Gasteiger partial charge < -0.3 is 19.7 Å². The van der Waals surface area contributed by atoms with Crippen LogP contribution in [-0.4, -0.2) is 66.0 Å². The Morgan fingerprint density at radius 1 is 1.24 bits per heavy atom. The molecule has 1 aromatic carbocycles. The van der Waals surface area contributed by atoms with Gasteiger partial charge in [0.05, 0.1) is 6.61 Å². The summed E-state index contributed by atoms with van der Waals surface area (Å²) in [5.41, 5.74) is -0.679. The van der Waals surface area contributed by atoms with Crippen LogP contribution in [0.15, 0.2) is 24.3 Å². The van der Waals surface area contributed by atoms with Crippen LogP contribution in [0.4, 0.5) is 4.79 Å². The van der Waals surface area contributed by atoms with Gasteiger partial charge in [-0.05, 0) is 25.8 Å². The monoisotopic (exact) mass is 401 g/mol. The van der Waals surface area contributed by atoms with Crippen molar-refractivity contribution in [2.45, 2.75) is 37.8 Å². The number of likely N-dealkylation sites (tertiary alicyclic amines) is 1. The third kappa shape index (κ3) is 3.30. The van der Waals surface area contributed by atoms with E-state index in [1.54, 1.807) is 29.2 Å². The van der Waals surface area contributed by atoms with Gasteiger partial charge in [-0.25, -0.2) is 4.79 Å². The largest absolute Gasteiger partial charge is 0.493 e. The average Bonchev–Trinajstić information content (AvgIpc) is 3.32. The second kappa shape index (κ2) is 7.38. The topological polar surface area (TPSA) is 105 Å². The van der Waals surface area contributed by atoms with Gasteiger partial charge in [0.1, 0.15) is 12.3 Å². The van der Waals surface area contributed by atoms with Crippen LogP contribution in [0, 0.1) is 0 Å². The lowest BCUT2D eigenvalue weighted by Gasteiger charge is -2.33. The molecular weight excluding hydrogens is 378 g/mol. The van der Waals surface area contributed by atoms with Gasteiger partial charge in [-0.1, -0.05) is 18.2 Å². The molecule has 2 saturated heterocycles. The van der Waals surface area contributed by atoms with Crippen LogP contribution < -0.4 is 10.1 Å². The van der Waals surface area contributed by atoms with Crippen LogP contribution in [-0.2, 0) is 24.7 Å². The smallest absolute Gasteiger partial charge is 0.327 e. The molecular formula is C20H23N3O6. The number of carbonyl (C=O) groups excluding carboxylic acids is 4. The molecule has 29 heavy (non-hydrogen) atoms. The van der Waals surface area contributed by atoms with Gasteiger partial charge >= 0.3 is 12.0 Å². The average molecular weight is 401 g/mol. The van der Waals surface area contributed by atoms with Crippen LogP contribution in [0.25, 0.3) is 0 Å². The molecule has 2 atom stereocenters. The van der Waals surface area contributed by atoms with Gasteiger partial charge in [0.2, 0.25) is 0 Å². The Morgan fingerprint density at radius 2 is 1.97 bits per heavy atom. The number of nitrogens with zero attached hydrogens (tertiary/aromatic N) is 2. The molecule has 4 rings (SSSR count). The van der Waals surface area contributed by atoms with Gasteiger partial charge in [0, 0.05) is 25.1 Å². The number of benzene rings is 1. The number of carbonyl (C=O) groups is 4. The van der Waals surface area contributed by atoms with E-state index in [0.29, 0.717) is 24.4 Å². The molecule has 3 aliphatic heterocycles. The summed E-state index contributed by atoms with van der Waals surface area (Å²) in [4.78, 5) is 52.8. The number of urea groups is 1. The van der Waals surface area contributed by atoms with Gasteiger partial charge in [0.25, 0.3) is 11.8 Å². The van der Waals surface area contributed by atoms with E-state index in [-0.39, 0.29) is 18.9 Å². The first kappa shape index (κ1) is 19.2. The normalized spacial score (nSPS) is 24.2. The molecule has 0 saturated carbocycles. The summed E-state index contributed by atoms with van der Waals surface area (Å²) in [5, 5.41) is 2.73. The molecule has 0 unspecified atom stereocenters. The molecule has 154 valence electrons. The minimum atomic E-state index is -1.25. The van der Waals surface area contributed by atoms with Gasteiger partial charge in [0.15, 0.2) is 11.6 Å². The first-order valence-corrected chi connectivity index (χ1v) is 9.77. The zero-order valence-electron chi connectivity index (χ0n) is 16.2. The predicted octanol–water partition coefficient (Wildman–Crippen LogP) is 0.770. The fourth-order valence-electron chi connectivity index (χ4n) is 4.12. The van der Waals surface area contributed by atoms with E-state index < -0.39 is 36.1 Å². The minimum Gasteiger partial charge on any atom is -0.493 e. The third-order valence-electron chi connectivity index (χ3n) is 5.62. The Labute approximate surface area is 167 Å². The first-order chi connectivity index (χ1) is 13.9. The predicted molar refractivity (Wildman–Crippen MR) is 99.8 cm³/mol. The molecule has 2 fully saturated rings. The molecule has 3 aliphatic rings. The Balaban J connectivity index is 1.45. The second-order valence-electron chi connectivity index (χ2n) is 7.49. The Hall–Kier alpha value is -3.10. The number of imide groups is 1. The first-order valence-electron chi connectivity index (χ1n) is 9.77. The highest BCUT2D eigenvalue weighted by atomic mass is 16.5. The SMILES string of the molecule is C[C@H](OC(=O)CN1C(=O)N[C@@]2(CCOc3ccccc32)C1=O)C(=O)N1CCCC1. The lowest BCUT2D eigenvalue weighted by molar-refractivity contribution is -0.160. The highest BCUT2D eigenvalue weighted by molar-refractivity contribution is 6.09. The number of para-hydroxylation sites is 1. The van der Waals surface area contributed by atoms with Crippen molar-refractivity contribution in [3.8, 4) is 5.75 Å². The number of hydrogen-bond donors (Lipinski definition) is 1. The van der Waals surface area contributed by atoms with Crippen molar-refractivity contribution in [1.29, 1.82) is 0 Å². The van der Waals surface area contributed by atoms with Crippen LogP contribution in [0.2, 0.25) is 0 Å². The molecule has 4 amide bonds. The van der Waals surface area contributed by atoms with Crippen molar-refractivity contribution in [2.75, 3.05) is 26.2 Å². The van der Waals surface area contributed by atoms with Crippen LogP contribution in [0.5, 0.6) is 5.75 Å². The molecule has 1 spiro atoms. The van der Waals surface area contributed by atoms with E-state index in [4.69, 9.17) is 9.47 Å². The number of fused-ring (bicyclic) bond motifs is 2. The summed E-state index contributed by atoms with van der Waals surface area (Å²) in [5.74, 6) is -1.05. The molecule has 1 N–H and O–H groups in total. The van der Waals surface area contributed by atoms with E-state index in [1.165, 1.54) is 6.92 Å². The second-order valence-corrected chi connectivity index (χ2v) is 7.49. The lowest BCUT2D eigenvalue weighted by atomic mass is 9.84. The highest BCUT2D eigenvalue weighted by Crippen LogP contribution is 2.40. The maximum atomic E-state index is 13.1. The van der Waals surface area contributed by atoms with Crippen molar-refractivity contribution in [3.05, 3.63) is 29.8 Å². The number of rotatable bonds is 4. The summed E-state index contributed by atoms with van der Waals surface area (Å²) in [6, 6.07) is 6.34. The van der Waals surface area contributed by atoms with Crippen LogP contribution >= 0.6 is 0 Å². The third-order valence-corrected chi connectivity index (χ3v) is 5.62. The van der Waals surface area contributed by atoms with E-state index >= 15 is 0 Å². The number of ether oxygens (including phenoxy) is 2. The van der Waals surface area contributed by atoms with Crippen LogP contribution in [0.3, 0.4) is 0 Å². The maximum Gasteiger partial charge on any atom is 0.327 e. The number of esters is 1. The van der Waals surface area contributed by atoms with Crippen molar-refractivity contribution in [3.63, 3.8) is 0 Å². The van der Waals surface area contributed by atoms with Crippen molar-refractivity contribution in [2.24, 2.45) is 0 Å². The Morgan fingerprint density at radius 3 is 2.72 bits per heavy atom. The quantitative estimate of drug-likeness (QED) is 0.590. The maximum absolute atomic E-state index is 13.1. The van der Waals surface area contributed by atoms with Crippen molar-refractivity contribution in [1.82, 2.24) is 15.1 Å². The number of amides is 4. The molecule has 0 bridgehead atoms. The number of nitrogens with one attached hydrogen (secondary N) is 1. The molecule has 0 aliphatic carbocycles.